The lowest BCUT2D eigenvalue weighted by Gasteiger charge is -2.24. The van der Waals surface area contributed by atoms with E-state index in [1.165, 1.54) is 11.1 Å². The van der Waals surface area contributed by atoms with E-state index >= 15 is 0 Å². The van der Waals surface area contributed by atoms with Crippen molar-refractivity contribution < 1.29 is 14.6 Å². The quantitative estimate of drug-likeness (QED) is 0.726. The Morgan fingerprint density at radius 1 is 1.27 bits per heavy atom. The first kappa shape index (κ1) is 18.2. The van der Waals surface area contributed by atoms with Crippen LogP contribution in [0.15, 0.2) is 47.4 Å². The fraction of sp³-hybridized carbons (Fsp3) is 0.368. The molecule has 1 aliphatic carbocycles. The Morgan fingerprint density at radius 2 is 1.96 bits per heavy atom. The van der Waals surface area contributed by atoms with Crippen LogP contribution in [0.25, 0.3) is 0 Å². The van der Waals surface area contributed by atoms with Crippen molar-refractivity contribution in [1.29, 1.82) is 0 Å². The van der Waals surface area contributed by atoms with E-state index in [9.17, 15) is 14.7 Å². The lowest BCUT2D eigenvalue weighted by molar-refractivity contribution is 0.0831. The summed E-state index contributed by atoms with van der Waals surface area (Å²) in [6.45, 7) is 0.0741. The predicted molar refractivity (Wildman–Crippen MR) is 96.9 cm³/mol. The maximum Gasteiger partial charge on any atom is 0.286 e. The maximum absolute atomic E-state index is 12.8. The summed E-state index contributed by atoms with van der Waals surface area (Å²) in [4.78, 5) is 25.2. The molecule has 0 atom stereocenters. The first-order chi connectivity index (χ1) is 12.5. The Labute approximate surface area is 151 Å². The van der Waals surface area contributed by atoms with Crippen molar-refractivity contribution in [1.82, 2.24) is 15.0 Å². The average Bonchev–Trinajstić information content (AvgIpc) is 3.41. The molecule has 1 fully saturated rings. The second-order valence-electron chi connectivity index (χ2n) is 6.72. The lowest BCUT2D eigenvalue weighted by Crippen LogP contribution is -2.40. The van der Waals surface area contributed by atoms with Crippen LogP contribution in [0.2, 0.25) is 0 Å². The number of rotatable bonds is 7. The third-order valence-corrected chi connectivity index (χ3v) is 4.45. The summed E-state index contributed by atoms with van der Waals surface area (Å²) >= 11 is 0. The summed E-state index contributed by atoms with van der Waals surface area (Å²) < 4.78 is 7.44. The Morgan fingerprint density at radius 3 is 2.54 bits per heavy atom. The largest absolute Gasteiger partial charge is 0.483 e. The first-order valence-corrected chi connectivity index (χ1v) is 8.49. The van der Waals surface area contributed by atoms with Gasteiger partial charge in [-0.1, -0.05) is 30.3 Å². The number of aliphatic hydroxyl groups is 1. The molecule has 1 aliphatic rings. The number of carbonyl (C=O) groups excluding carboxylic acids is 1. The molecule has 0 spiro atoms. The summed E-state index contributed by atoms with van der Waals surface area (Å²) in [5.41, 5.74) is 2.78. The smallest absolute Gasteiger partial charge is 0.286 e. The van der Waals surface area contributed by atoms with Crippen molar-refractivity contribution in [3.63, 3.8) is 0 Å². The maximum atomic E-state index is 12.8. The number of pyridine rings is 1. The van der Waals surface area contributed by atoms with Gasteiger partial charge in [-0.15, -0.1) is 0 Å². The molecule has 1 saturated carbocycles. The Bertz CT molecular complexity index is 842. The standard InChI is InChI=1S/C19H23N3O4/c1-21(2)20-18(25)16-17(26-12-14-6-4-3-5-7-14)15(24)8-11-22(16)19(13-23)9-10-19/h3-8,11,23H,9-10,12-13H2,1-2H3,(H,20,25). The molecule has 138 valence electrons. The fourth-order valence-corrected chi connectivity index (χ4v) is 2.87. The molecule has 1 aromatic carbocycles. The van der Waals surface area contributed by atoms with Crippen LogP contribution in [0, 0.1) is 0 Å². The third-order valence-electron chi connectivity index (χ3n) is 4.45. The number of nitrogens with zero attached hydrogens (tertiary/aromatic N) is 2. The number of nitrogens with one attached hydrogen (secondary N) is 1. The number of aliphatic hydroxyl groups excluding tert-OH is 1. The predicted octanol–water partition coefficient (Wildman–Crippen LogP) is 1.12. The van der Waals surface area contributed by atoms with Crippen molar-refractivity contribution in [2.75, 3.05) is 20.7 Å². The van der Waals surface area contributed by atoms with Gasteiger partial charge in [0.15, 0.2) is 11.4 Å². The van der Waals surface area contributed by atoms with Crippen LogP contribution in [0.4, 0.5) is 0 Å². The highest BCUT2D eigenvalue weighted by Gasteiger charge is 2.46. The second-order valence-corrected chi connectivity index (χ2v) is 6.72. The summed E-state index contributed by atoms with van der Waals surface area (Å²) in [7, 11) is 3.37. The summed E-state index contributed by atoms with van der Waals surface area (Å²) in [5, 5.41) is 11.3. The minimum Gasteiger partial charge on any atom is -0.483 e. The SMILES string of the molecule is CN(C)NC(=O)c1c(OCc2ccccc2)c(=O)ccn1C1(CO)CC1. The van der Waals surface area contributed by atoms with Gasteiger partial charge in [-0.3, -0.25) is 15.0 Å². The summed E-state index contributed by atoms with van der Waals surface area (Å²) in [5.74, 6) is -0.453. The number of hydrogen-bond donors (Lipinski definition) is 2. The molecular weight excluding hydrogens is 334 g/mol. The molecule has 1 aromatic heterocycles. The van der Waals surface area contributed by atoms with E-state index in [1.807, 2.05) is 30.3 Å². The molecule has 3 rings (SSSR count). The van der Waals surface area contributed by atoms with Gasteiger partial charge in [-0.2, -0.15) is 0 Å². The molecule has 0 radical (unpaired) electrons. The van der Waals surface area contributed by atoms with Gasteiger partial charge in [0.05, 0.1) is 12.1 Å². The molecule has 1 amide bonds. The minimum absolute atomic E-state index is 0.00423. The third kappa shape index (κ3) is 3.63. The van der Waals surface area contributed by atoms with Gasteiger partial charge >= 0.3 is 0 Å². The topological polar surface area (TPSA) is 83.8 Å². The van der Waals surface area contributed by atoms with Gasteiger partial charge in [0.25, 0.3) is 5.91 Å². The van der Waals surface area contributed by atoms with Crippen molar-refractivity contribution in [3.8, 4) is 5.75 Å². The number of hydrogen-bond acceptors (Lipinski definition) is 5. The van der Waals surface area contributed by atoms with E-state index in [-0.39, 0.29) is 30.1 Å². The van der Waals surface area contributed by atoms with Gasteiger partial charge in [-0.25, -0.2) is 5.01 Å². The number of hydrazine groups is 1. The Balaban J connectivity index is 2.02. The minimum atomic E-state index is -0.544. The van der Waals surface area contributed by atoms with Gasteiger partial charge < -0.3 is 14.4 Å². The molecule has 7 nitrogen and oxygen atoms in total. The van der Waals surface area contributed by atoms with Crippen LogP contribution < -0.4 is 15.6 Å². The number of aromatic nitrogens is 1. The molecule has 7 heteroatoms. The summed E-state index contributed by atoms with van der Waals surface area (Å²) in [6, 6.07) is 10.8. The molecule has 2 aromatic rings. The average molecular weight is 357 g/mol. The van der Waals surface area contributed by atoms with Gasteiger partial charge in [0, 0.05) is 26.4 Å². The molecule has 1 heterocycles. The zero-order valence-electron chi connectivity index (χ0n) is 14.9. The molecule has 0 unspecified atom stereocenters. The van der Waals surface area contributed by atoms with Crippen LogP contribution in [0.1, 0.15) is 28.9 Å². The fourth-order valence-electron chi connectivity index (χ4n) is 2.87. The van der Waals surface area contributed by atoms with E-state index in [2.05, 4.69) is 5.43 Å². The zero-order valence-corrected chi connectivity index (χ0v) is 14.9. The van der Waals surface area contributed by atoms with Crippen LogP contribution in [0.3, 0.4) is 0 Å². The first-order valence-electron chi connectivity index (χ1n) is 8.49. The van der Waals surface area contributed by atoms with E-state index in [0.717, 1.165) is 18.4 Å². The monoisotopic (exact) mass is 357 g/mol. The van der Waals surface area contributed by atoms with Crippen molar-refractivity contribution >= 4 is 5.91 Å². The van der Waals surface area contributed by atoms with Crippen LogP contribution >= 0.6 is 0 Å². The zero-order chi connectivity index (χ0) is 18.7. The normalized spacial score (nSPS) is 14.9. The molecule has 26 heavy (non-hydrogen) atoms. The van der Waals surface area contributed by atoms with Gasteiger partial charge in [-0.05, 0) is 18.4 Å². The van der Waals surface area contributed by atoms with E-state index in [1.54, 1.807) is 24.9 Å². The number of benzene rings is 1. The Kier molecular flexibility index (Phi) is 5.11. The number of carbonyl (C=O) groups is 1. The molecule has 0 aliphatic heterocycles. The molecular formula is C19H23N3O4. The van der Waals surface area contributed by atoms with Crippen molar-refractivity contribution in [3.05, 3.63) is 64.1 Å². The lowest BCUT2D eigenvalue weighted by atomic mass is 10.2. The van der Waals surface area contributed by atoms with Crippen molar-refractivity contribution in [2.45, 2.75) is 25.0 Å². The second kappa shape index (κ2) is 7.31. The van der Waals surface area contributed by atoms with Crippen LogP contribution in [0.5, 0.6) is 5.75 Å². The molecule has 0 bridgehead atoms. The van der Waals surface area contributed by atoms with Gasteiger partial charge in [0.1, 0.15) is 6.61 Å². The van der Waals surface area contributed by atoms with E-state index in [4.69, 9.17) is 4.74 Å². The highest BCUT2D eigenvalue weighted by atomic mass is 16.5. The van der Waals surface area contributed by atoms with Crippen LogP contribution in [-0.2, 0) is 12.1 Å². The molecule has 2 N–H and O–H groups in total. The number of ether oxygens (including phenoxy) is 1. The van der Waals surface area contributed by atoms with E-state index in [0.29, 0.717) is 0 Å². The number of amides is 1. The molecule has 0 saturated heterocycles. The Hall–Kier alpha value is -2.64. The van der Waals surface area contributed by atoms with Gasteiger partial charge in [0.2, 0.25) is 5.43 Å². The highest BCUT2D eigenvalue weighted by Crippen LogP contribution is 2.44. The van der Waals surface area contributed by atoms with Crippen molar-refractivity contribution in [2.24, 2.45) is 0 Å². The summed E-state index contributed by atoms with van der Waals surface area (Å²) in [6.07, 6.45) is 3.05. The van der Waals surface area contributed by atoms with E-state index < -0.39 is 11.4 Å². The van der Waals surface area contributed by atoms with Crippen LogP contribution in [-0.4, -0.2) is 41.3 Å². The highest BCUT2D eigenvalue weighted by molar-refractivity contribution is 5.95.